The van der Waals surface area contributed by atoms with E-state index in [1.165, 1.54) is 5.56 Å². The zero-order valence-corrected chi connectivity index (χ0v) is 13.2. The summed E-state index contributed by atoms with van der Waals surface area (Å²) in [6.45, 7) is 4.04. The minimum Gasteiger partial charge on any atom is -0.399 e. The highest BCUT2D eigenvalue weighted by molar-refractivity contribution is 6.31. The third-order valence-corrected chi connectivity index (χ3v) is 3.85. The highest BCUT2D eigenvalue weighted by Crippen LogP contribution is 2.23. The van der Waals surface area contributed by atoms with E-state index < -0.39 is 0 Å². The van der Waals surface area contributed by atoms with Crippen molar-refractivity contribution in [2.45, 2.75) is 19.9 Å². The lowest BCUT2D eigenvalue weighted by Gasteiger charge is -2.25. The van der Waals surface area contributed by atoms with E-state index in [2.05, 4.69) is 0 Å². The van der Waals surface area contributed by atoms with Crippen molar-refractivity contribution in [1.29, 1.82) is 0 Å². The van der Waals surface area contributed by atoms with Gasteiger partial charge < -0.3 is 10.6 Å². The van der Waals surface area contributed by atoms with E-state index in [1.54, 1.807) is 30.1 Å². The predicted octanol–water partition coefficient (Wildman–Crippen LogP) is 4.06. The van der Waals surface area contributed by atoms with Gasteiger partial charge in [0.05, 0.1) is 6.04 Å². The second-order valence-electron chi connectivity index (χ2n) is 5.28. The topological polar surface area (TPSA) is 46.3 Å². The molecule has 0 aromatic heterocycles. The van der Waals surface area contributed by atoms with Crippen LogP contribution in [0.15, 0.2) is 42.5 Å². The number of hydrogen-bond acceptors (Lipinski definition) is 2. The molecule has 0 saturated heterocycles. The molecule has 2 rings (SSSR count). The standard InChI is InChI=1S/C17H19ClN2O/c1-11-4-6-13(7-5-11)12(2)20(3)17(21)14-8-15(18)10-16(19)9-14/h4-10,12H,19H2,1-3H3. The number of hydrogen-bond donors (Lipinski definition) is 1. The van der Waals surface area contributed by atoms with Crippen LogP contribution in [0.3, 0.4) is 0 Å². The lowest BCUT2D eigenvalue weighted by molar-refractivity contribution is 0.0742. The lowest BCUT2D eigenvalue weighted by atomic mass is 10.0. The van der Waals surface area contributed by atoms with Crippen LogP contribution in [0.2, 0.25) is 5.02 Å². The largest absolute Gasteiger partial charge is 0.399 e. The van der Waals surface area contributed by atoms with Gasteiger partial charge in [0.2, 0.25) is 0 Å². The monoisotopic (exact) mass is 302 g/mol. The van der Waals surface area contributed by atoms with Gasteiger partial charge in [-0.1, -0.05) is 41.4 Å². The zero-order valence-electron chi connectivity index (χ0n) is 12.4. The Bertz CT molecular complexity index is 632. The van der Waals surface area contributed by atoms with Crippen LogP contribution in [0.25, 0.3) is 0 Å². The van der Waals surface area contributed by atoms with E-state index >= 15 is 0 Å². The van der Waals surface area contributed by atoms with Gasteiger partial charge >= 0.3 is 0 Å². The van der Waals surface area contributed by atoms with E-state index in [4.69, 9.17) is 17.3 Å². The van der Waals surface area contributed by atoms with Gasteiger partial charge in [-0.2, -0.15) is 0 Å². The summed E-state index contributed by atoms with van der Waals surface area (Å²) >= 11 is 5.96. The van der Waals surface area contributed by atoms with Crippen molar-refractivity contribution in [3.8, 4) is 0 Å². The summed E-state index contributed by atoms with van der Waals surface area (Å²) in [5.74, 6) is -0.0997. The minimum absolute atomic E-state index is 0.0293. The van der Waals surface area contributed by atoms with E-state index in [0.717, 1.165) is 5.56 Å². The molecule has 0 aliphatic carbocycles. The van der Waals surface area contributed by atoms with Crippen molar-refractivity contribution >= 4 is 23.2 Å². The number of rotatable bonds is 3. The van der Waals surface area contributed by atoms with Crippen LogP contribution >= 0.6 is 11.6 Å². The summed E-state index contributed by atoms with van der Waals surface area (Å²) < 4.78 is 0. The van der Waals surface area contributed by atoms with E-state index in [-0.39, 0.29) is 11.9 Å². The molecule has 2 aromatic carbocycles. The zero-order chi connectivity index (χ0) is 15.6. The Morgan fingerprint density at radius 1 is 1.19 bits per heavy atom. The fourth-order valence-electron chi connectivity index (χ4n) is 2.18. The summed E-state index contributed by atoms with van der Waals surface area (Å²) in [6.07, 6.45) is 0. The molecule has 4 heteroatoms. The van der Waals surface area contributed by atoms with Gasteiger partial charge in [0, 0.05) is 23.3 Å². The fourth-order valence-corrected chi connectivity index (χ4v) is 2.43. The van der Waals surface area contributed by atoms with Gasteiger partial charge in [-0.15, -0.1) is 0 Å². The first-order chi connectivity index (χ1) is 9.88. The van der Waals surface area contributed by atoms with Crippen LogP contribution < -0.4 is 5.73 Å². The van der Waals surface area contributed by atoms with Crippen LogP contribution in [0.4, 0.5) is 5.69 Å². The number of amides is 1. The van der Waals surface area contributed by atoms with Crippen molar-refractivity contribution < 1.29 is 4.79 Å². The molecule has 1 unspecified atom stereocenters. The highest BCUT2D eigenvalue weighted by atomic mass is 35.5. The van der Waals surface area contributed by atoms with Gasteiger partial charge in [-0.25, -0.2) is 0 Å². The first kappa shape index (κ1) is 15.4. The number of nitrogens with zero attached hydrogens (tertiary/aromatic N) is 1. The number of benzene rings is 2. The molecular weight excluding hydrogens is 284 g/mol. The molecule has 0 saturated carbocycles. The van der Waals surface area contributed by atoms with Gasteiger partial charge in [0.15, 0.2) is 0 Å². The molecule has 2 N–H and O–H groups in total. The highest BCUT2D eigenvalue weighted by Gasteiger charge is 2.19. The molecular formula is C17H19ClN2O. The van der Waals surface area contributed by atoms with Crippen molar-refractivity contribution in [3.05, 3.63) is 64.2 Å². The number of halogens is 1. The molecule has 0 aliphatic rings. The maximum Gasteiger partial charge on any atom is 0.254 e. The maximum absolute atomic E-state index is 12.5. The Kier molecular flexibility index (Phi) is 4.53. The van der Waals surface area contributed by atoms with Crippen LogP contribution in [0.5, 0.6) is 0 Å². The Morgan fingerprint density at radius 3 is 2.38 bits per heavy atom. The second-order valence-corrected chi connectivity index (χ2v) is 5.71. The van der Waals surface area contributed by atoms with Crippen molar-refractivity contribution in [2.75, 3.05) is 12.8 Å². The Morgan fingerprint density at radius 2 is 1.81 bits per heavy atom. The van der Waals surface area contributed by atoms with Gasteiger partial charge in [0.25, 0.3) is 5.91 Å². The van der Waals surface area contributed by atoms with Gasteiger partial charge in [-0.05, 0) is 37.6 Å². The fraction of sp³-hybridized carbons (Fsp3) is 0.235. The molecule has 0 radical (unpaired) electrons. The molecule has 110 valence electrons. The molecule has 0 heterocycles. The summed E-state index contributed by atoms with van der Waals surface area (Å²) in [4.78, 5) is 14.2. The molecule has 0 fully saturated rings. The number of anilines is 1. The maximum atomic E-state index is 12.5. The number of aryl methyl sites for hydroxylation is 1. The molecule has 0 spiro atoms. The van der Waals surface area contributed by atoms with Gasteiger partial charge in [0.1, 0.15) is 0 Å². The SMILES string of the molecule is Cc1ccc(C(C)N(C)C(=O)c2cc(N)cc(Cl)c2)cc1. The predicted molar refractivity (Wildman–Crippen MR) is 87.6 cm³/mol. The summed E-state index contributed by atoms with van der Waals surface area (Å²) in [5.41, 5.74) is 9.02. The third-order valence-electron chi connectivity index (χ3n) is 3.63. The molecule has 3 nitrogen and oxygen atoms in total. The van der Waals surface area contributed by atoms with Crippen LogP contribution in [-0.4, -0.2) is 17.9 Å². The summed E-state index contributed by atoms with van der Waals surface area (Å²) in [5, 5.41) is 0.467. The molecule has 2 aromatic rings. The number of nitrogens with two attached hydrogens (primary N) is 1. The second kappa shape index (κ2) is 6.19. The van der Waals surface area contributed by atoms with Crippen molar-refractivity contribution in [3.63, 3.8) is 0 Å². The summed E-state index contributed by atoms with van der Waals surface area (Å²) in [6, 6.07) is 13.0. The first-order valence-electron chi connectivity index (χ1n) is 6.78. The minimum atomic E-state index is -0.0997. The normalized spacial score (nSPS) is 12.0. The van der Waals surface area contributed by atoms with Crippen molar-refractivity contribution in [1.82, 2.24) is 4.90 Å². The molecule has 21 heavy (non-hydrogen) atoms. The van der Waals surface area contributed by atoms with Gasteiger partial charge in [-0.3, -0.25) is 4.79 Å². The van der Waals surface area contributed by atoms with E-state index in [0.29, 0.717) is 16.3 Å². The average Bonchev–Trinajstić information content (AvgIpc) is 2.44. The van der Waals surface area contributed by atoms with Crippen LogP contribution in [0.1, 0.15) is 34.5 Å². The van der Waals surface area contributed by atoms with Crippen molar-refractivity contribution in [2.24, 2.45) is 0 Å². The molecule has 0 aliphatic heterocycles. The Hall–Kier alpha value is -2.00. The first-order valence-corrected chi connectivity index (χ1v) is 7.16. The number of nitrogen functional groups attached to an aromatic ring is 1. The average molecular weight is 303 g/mol. The number of carbonyl (C=O) groups is 1. The van der Waals surface area contributed by atoms with E-state index in [9.17, 15) is 4.79 Å². The summed E-state index contributed by atoms with van der Waals surface area (Å²) in [7, 11) is 1.78. The lowest BCUT2D eigenvalue weighted by Crippen LogP contribution is -2.29. The Labute approximate surface area is 130 Å². The smallest absolute Gasteiger partial charge is 0.254 e. The van der Waals surface area contributed by atoms with E-state index in [1.807, 2.05) is 38.1 Å². The molecule has 0 bridgehead atoms. The third kappa shape index (κ3) is 3.56. The molecule has 1 atom stereocenters. The van der Waals surface area contributed by atoms with Crippen LogP contribution in [0, 0.1) is 6.92 Å². The van der Waals surface area contributed by atoms with Crippen LogP contribution in [-0.2, 0) is 0 Å². The number of carbonyl (C=O) groups excluding carboxylic acids is 1. The molecule has 1 amide bonds. The Balaban J connectivity index is 2.23. The quantitative estimate of drug-likeness (QED) is 0.869.